The molecule has 2 aromatic rings. The minimum Gasteiger partial charge on any atom is -0.378 e. The van der Waals surface area contributed by atoms with Gasteiger partial charge in [0.1, 0.15) is 5.82 Å². The highest BCUT2D eigenvalue weighted by molar-refractivity contribution is 5.96. The number of rotatable bonds is 4. The van der Waals surface area contributed by atoms with E-state index in [9.17, 15) is 14.4 Å². The number of carbonyl (C=O) groups excluding carboxylic acids is 3. The average molecular weight is 438 g/mol. The van der Waals surface area contributed by atoms with Crippen LogP contribution in [0, 0.1) is 6.92 Å². The second-order valence-corrected chi connectivity index (χ2v) is 8.13. The summed E-state index contributed by atoms with van der Waals surface area (Å²) in [7, 11) is 0. The van der Waals surface area contributed by atoms with Gasteiger partial charge in [-0.15, -0.1) is 0 Å². The quantitative estimate of drug-likeness (QED) is 0.783. The molecule has 3 heterocycles. The maximum absolute atomic E-state index is 12.9. The van der Waals surface area contributed by atoms with E-state index in [0.29, 0.717) is 67.7 Å². The van der Waals surface area contributed by atoms with Crippen molar-refractivity contribution in [2.24, 2.45) is 0 Å². The minimum absolute atomic E-state index is 0.0313. The minimum atomic E-state index is -0.153. The molecule has 9 heteroatoms. The van der Waals surface area contributed by atoms with Crippen LogP contribution in [0.25, 0.3) is 0 Å². The van der Waals surface area contributed by atoms with Crippen LogP contribution in [0.3, 0.4) is 0 Å². The predicted octanol–water partition coefficient (Wildman–Crippen LogP) is 1.85. The fourth-order valence-corrected chi connectivity index (χ4v) is 4.07. The number of nitrogens with one attached hydrogen (secondary N) is 1. The predicted molar refractivity (Wildman–Crippen MR) is 117 cm³/mol. The summed E-state index contributed by atoms with van der Waals surface area (Å²) in [6, 6.07) is 6.87. The number of likely N-dealkylation sites (tertiary alicyclic amines) is 1. The van der Waals surface area contributed by atoms with Crippen LogP contribution in [0.2, 0.25) is 0 Å². The number of aryl methyl sites for hydroxylation is 1. The van der Waals surface area contributed by atoms with Gasteiger partial charge >= 0.3 is 0 Å². The molecule has 0 bridgehead atoms. The van der Waals surface area contributed by atoms with Crippen molar-refractivity contribution >= 4 is 23.4 Å². The molecular weight excluding hydrogens is 410 g/mol. The third-order valence-corrected chi connectivity index (χ3v) is 5.82. The maximum Gasteiger partial charge on any atom is 0.257 e. The normalized spacial score (nSPS) is 18.5. The topological polar surface area (TPSA) is 105 Å². The molecular formula is C23H27N5O4. The molecule has 1 aromatic heterocycles. The lowest BCUT2D eigenvalue weighted by Crippen LogP contribution is -2.41. The highest BCUT2D eigenvalue weighted by Crippen LogP contribution is 2.27. The Labute approximate surface area is 186 Å². The van der Waals surface area contributed by atoms with Crippen LogP contribution < -0.4 is 5.32 Å². The highest BCUT2D eigenvalue weighted by atomic mass is 16.5. The Morgan fingerprint density at radius 3 is 2.41 bits per heavy atom. The van der Waals surface area contributed by atoms with Gasteiger partial charge in [-0.3, -0.25) is 14.4 Å². The molecule has 1 N–H and O–H groups in total. The summed E-state index contributed by atoms with van der Waals surface area (Å²) in [6.45, 7) is 6.66. The summed E-state index contributed by atoms with van der Waals surface area (Å²) in [5.41, 5.74) is 2.40. The van der Waals surface area contributed by atoms with Crippen LogP contribution in [0.5, 0.6) is 0 Å². The van der Waals surface area contributed by atoms with Crippen LogP contribution >= 0.6 is 0 Å². The zero-order valence-electron chi connectivity index (χ0n) is 18.3. The van der Waals surface area contributed by atoms with Crippen LogP contribution in [0.4, 0.5) is 5.69 Å². The van der Waals surface area contributed by atoms with E-state index in [2.05, 4.69) is 15.3 Å². The van der Waals surface area contributed by atoms with E-state index in [-0.39, 0.29) is 23.6 Å². The lowest BCUT2D eigenvalue weighted by molar-refractivity contribution is -0.114. The molecule has 4 rings (SSSR count). The third kappa shape index (κ3) is 4.77. The molecule has 0 spiro atoms. The Kier molecular flexibility index (Phi) is 6.45. The number of morpholine rings is 1. The number of amides is 3. The average Bonchev–Trinajstić information content (AvgIpc) is 3.29. The summed E-state index contributed by atoms with van der Waals surface area (Å²) in [6.07, 6.45) is 2.38. The van der Waals surface area contributed by atoms with Crippen LogP contribution in [0.15, 0.2) is 30.5 Å². The van der Waals surface area contributed by atoms with Gasteiger partial charge in [0.2, 0.25) is 5.91 Å². The number of carbonyl (C=O) groups is 3. The van der Waals surface area contributed by atoms with Gasteiger partial charge in [0, 0.05) is 56.5 Å². The van der Waals surface area contributed by atoms with E-state index < -0.39 is 0 Å². The second-order valence-electron chi connectivity index (χ2n) is 8.13. The van der Waals surface area contributed by atoms with E-state index in [1.165, 1.54) is 6.92 Å². The Balaban J connectivity index is 1.40. The molecule has 9 nitrogen and oxygen atoms in total. The third-order valence-electron chi connectivity index (χ3n) is 5.82. The lowest BCUT2D eigenvalue weighted by atomic mass is 10.1. The molecule has 1 aromatic carbocycles. The van der Waals surface area contributed by atoms with Gasteiger partial charge in [-0.05, 0) is 37.6 Å². The fraction of sp³-hybridized carbons (Fsp3) is 0.435. The smallest absolute Gasteiger partial charge is 0.257 e. The van der Waals surface area contributed by atoms with Crippen LogP contribution in [0.1, 0.15) is 51.5 Å². The molecule has 0 aliphatic carbocycles. The SMILES string of the molecule is CC(=O)Nc1ccc(C(=O)N2CCC(c3ncc(C(=O)N4CCOCC4)c(C)n3)C2)cc1. The molecule has 168 valence electrons. The Bertz CT molecular complexity index is 1020. The number of benzene rings is 1. The van der Waals surface area contributed by atoms with Gasteiger partial charge in [-0.1, -0.05) is 0 Å². The van der Waals surface area contributed by atoms with E-state index >= 15 is 0 Å². The van der Waals surface area contributed by atoms with Gasteiger partial charge in [-0.2, -0.15) is 0 Å². The summed E-state index contributed by atoms with van der Waals surface area (Å²) < 4.78 is 5.31. The Morgan fingerprint density at radius 2 is 1.75 bits per heavy atom. The number of hydrogen-bond acceptors (Lipinski definition) is 6. The van der Waals surface area contributed by atoms with Gasteiger partial charge < -0.3 is 19.9 Å². The number of hydrogen-bond donors (Lipinski definition) is 1. The molecule has 3 amide bonds. The summed E-state index contributed by atoms with van der Waals surface area (Å²) in [5, 5.41) is 2.69. The van der Waals surface area contributed by atoms with Crippen molar-refractivity contribution in [3.8, 4) is 0 Å². The molecule has 0 saturated carbocycles. The van der Waals surface area contributed by atoms with E-state index in [1.54, 1.807) is 40.3 Å². The van der Waals surface area contributed by atoms with Crippen LogP contribution in [-0.4, -0.2) is 76.9 Å². The molecule has 1 unspecified atom stereocenters. The maximum atomic E-state index is 12.9. The zero-order chi connectivity index (χ0) is 22.7. The number of ether oxygens (including phenoxy) is 1. The second kappa shape index (κ2) is 9.44. The Morgan fingerprint density at radius 1 is 1.03 bits per heavy atom. The van der Waals surface area contributed by atoms with Crippen molar-refractivity contribution in [3.63, 3.8) is 0 Å². The number of aromatic nitrogens is 2. The van der Waals surface area contributed by atoms with Crippen LogP contribution in [-0.2, 0) is 9.53 Å². The van der Waals surface area contributed by atoms with Gasteiger partial charge in [0.25, 0.3) is 11.8 Å². The number of anilines is 1. The fourth-order valence-electron chi connectivity index (χ4n) is 4.07. The van der Waals surface area contributed by atoms with E-state index in [1.807, 2.05) is 6.92 Å². The van der Waals surface area contributed by atoms with Crippen molar-refractivity contribution in [2.45, 2.75) is 26.2 Å². The lowest BCUT2D eigenvalue weighted by Gasteiger charge is -2.27. The van der Waals surface area contributed by atoms with Gasteiger partial charge in [0.15, 0.2) is 0 Å². The first-order valence-electron chi connectivity index (χ1n) is 10.8. The molecule has 2 aliphatic rings. The monoisotopic (exact) mass is 437 g/mol. The highest BCUT2D eigenvalue weighted by Gasteiger charge is 2.30. The number of nitrogens with zero attached hydrogens (tertiary/aromatic N) is 4. The van der Waals surface area contributed by atoms with Crippen molar-refractivity contribution < 1.29 is 19.1 Å². The van der Waals surface area contributed by atoms with E-state index in [0.717, 1.165) is 6.42 Å². The Hall–Kier alpha value is -3.33. The summed E-state index contributed by atoms with van der Waals surface area (Å²) >= 11 is 0. The van der Waals surface area contributed by atoms with Gasteiger partial charge in [-0.25, -0.2) is 9.97 Å². The first-order valence-corrected chi connectivity index (χ1v) is 10.8. The molecule has 2 saturated heterocycles. The largest absolute Gasteiger partial charge is 0.378 e. The standard InChI is InChI=1S/C23H27N5O4/c1-15-20(23(31)27-9-11-32-12-10-27)13-24-21(25-15)18-7-8-28(14-18)22(30)17-3-5-19(6-4-17)26-16(2)29/h3-6,13,18H,7-12,14H2,1-2H3,(H,26,29). The van der Waals surface area contributed by atoms with Crippen molar-refractivity contribution in [1.29, 1.82) is 0 Å². The zero-order valence-corrected chi connectivity index (χ0v) is 18.3. The summed E-state index contributed by atoms with van der Waals surface area (Å²) in [4.78, 5) is 49.4. The molecule has 32 heavy (non-hydrogen) atoms. The molecule has 0 radical (unpaired) electrons. The molecule has 2 aliphatic heterocycles. The first-order chi connectivity index (χ1) is 15.4. The molecule has 2 fully saturated rings. The first kappa shape index (κ1) is 21.9. The van der Waals surface area contributed by atoms with Crippen molar-refractivity contribution in [2.75, 3.05) is 44.7 Å². The van der Waals surface area contributed by atoms with Crippen molar-refractivity contribution in [3.05, 3.63) is 53.1 Å². The molecule has 1 atom stereocenters. The van der Waals surface area contributed by atoms with Crippen molar-refractivity contribution in [1.82, 2.24) is 19.8 Å². The van der Waals surface area contributed by atoms with E-state index in [4.69, 9.17) is 4.74 Å². The summed E-state index contributed by atoms with van der Waals surface area (Å²) in [5.74, 6) is 0.418. The van der Waals surface area contributed by atoms with Gasteiger partial charge in [0.05, 0.1) is 24.5 Å².